The van der Waals surface area contributed by atoms with Crippen LogP contribution in [0.5, 0.6) is 5.75 Å². The molecule has 2 aromatic carbocycles. The first kappa shape index (κ1) is 24.5. The van der Waals surface area contributed by atoms with Crippen LogP contribution in [0.25, 0.3) is 0 Å². The van der Waals surface area contributed by atoms with Crippen molar-refractivity contribution in [3.05, 3.63) is 59.1 Å². The average molecular weight is 468 g/mol. The Morgan fingerprint density at radius 3 is 2.42 bits per heavy atom. The number of hydrogen-bond donors (Lipinski definition) is 1. The van der Waals surface area contributed by atoms with Crippen LogP contribution in [0.2, 0.25) is 5.02 Å². The monoisotopic (exact) mass is 467 g/mol. The highest BCUT2D eigenvalue weighted by Gasteiger charge is 2.30. The van der Waals surface area contributed by atoms with E-state index < -0.39 is 28.5 Å². The minimum Gasteiger partial charge on any atom is -0.497 e. The second-order valence-corrected chi connectivity index (χ2v) is 9.20. The second-order valence-electron chi connectivity index (χ2n) is 6.88. The molecule has 0 aromatic heterocycles. The molecule has 8 nitrogen and oxygen atoms in total. The van der Waals surface area contributed by atoms with Crippen molar-refractivity contribution in [2.24, 2.45) is 0 Å². The topological polar surface area (TPSA) is 96.0 Å². The Kier molecular flexibility index (Phi) is 8.29. The molecule has 1 N–H and O–H groups in total. The van der Waals surface area contributed by atoms with Gasteiger partial charge in [0.05, 0.1) is 24.1 Å². The fourth-order valence-electron chi connectivity index (χ4n) is 3.01. The molecule has 1 atom stereocenters. The normalized spacial score (nSPS) is 12.0. The second kappa shape index (κ2) is 10.5. The van der Waals surface area contributed by atoms with Crippen molar-refractivity contribution in [1.29, 1.82) is 0 Å². The molecule has 0 heterocycles. The minimum absolute atomic E-state index is 0.0880. The molecule has 10 heteroatoms. The molecule has 0 saturated heterocycles. The summed E-state index contributed by atoms with van der Waals surface area (Å²) in [5, 5.41) is 2.72. The third-order valence-electron chi connectivity index (χ3n) is 4.70. The number of nitrogens with one attached hydrogen (secondary N) is 1. The molecule has 0 radical (unpaired) electrons. The maximum Gasteiger partial charge on any atom is 0.244 e. The van der Waals surface area contributed by atoms with Gasteiger partial charge in [0.15, 0.2) is 0 Å². The Morgan fingerprint density at radius 2 is 1.84 bits per heavy atom. The first-order valence-electron chi connectivity index (χ1n) is 9.44. The Hall–Kier alpha value is -2.78. The van der Waals surface area contributed by atoms with Crippen LogP contribution >= 0.6 is 11.6 Å². The number of methoxy groups -OCH3 is 1. The largest absolute Gasteiger partial charge is 0.497 e. The van der Waals surface area contributed by atoms with Gasteiger partial charge in [-0.1, -0.05) is 35.9 Å². The van der Waals surface area contributed by atoms with Gasteiger partial charge in [-0.25, -0.2) is 8.42 Å². The molecule has 2 aromatic rings. The number of hydrogen-bond acceptors (Lipinski definition) is 5. The maximum absolute atomic E-state index is 13.3. The number of anilines is 1. The Balaban J connectivity index is 2.40. The summed E-state index contributed by atoms with van der Waals surface area (Å²) in [5.74, 6) is -0.324. The molecule has 0 spiro atoms. The van der Waals surface area contributed by atoms with E-state index in [9.17, 15) is 18.0 Å². The van der Waals surface area contributed by atoms with E-state index in [2.05, 4.69) is 5.32 Å². The number of halogens is 1. The minimum atomic E-state index is -3.82. The zero-order chi connectivity index (χ0) is 23.2. The van der Waals surface area contributed by atoms with Crippen LogP contribution in [-0.4, -0.2) is 58.1 Å². The lowest BCUT2D eigenvalue weighted by Gasteiger charge is -2.31. The summed E-state index contributed by atoms with van der Waals surface area (Å²) in [7, 11) is -0.821. The third kappa shape index (κ3) is 6.35. The van der Waals surface area contributed by atoms with Crippen LogP contribution in [0.3, 0.4) is 0 Å². The Bertz CT molecular complexity index is 1040. The number of sulfonamides is 1. The van der Waals surface area contributed by atoms with Gasteiger partial charge in [-0.3, -0.25) is 13.9 Å². The van der Waals surface area contributed by atoms with E-state index in [4.69, 9.17) is 16.3 Å². The summed E-state index contributed by atoms with van der Waals surface area (Å²) < 4.78 is 31.0. The molecular weight excluding hydrogens is 442 g/mol. The molecule has 31 heavy (non-hydrogen) atoms. The quantitative estimate of drug-likeness (QED) is 0.610. The van der Waals surface area contributed by atoms with Gasteiger partial charge in [-0.15, -0.1) is 0 Å². The first-order valence-corrected chi connectivity index (χ1v) is 11.7. The summed E-state index contributed by atoms with van der Waals surface area (Å²) in [5.41, 5.74) is 0.918. The van der Waals surface area contributed by atoms with E-state index >= 15 is 0 Å². The van der Waals surface area contributed by atoms with E-state index in [0.717, 1.165) is 16.1 Å². The Labute approximate surface area is 187 Å². The van der Waals surface area contributed by atoms with Crippen molar-refractivity contribution in [1.82, 2.24) is 10.2 Å². The van der Waals surface area contributed by atoms with Gasteiger partial charge in [0.25, 0.3) is 0 Å². The molecule has 0 unspecified atom stereocenters. The van der Waals surface area contributed by atoms with E-state index in [0.29, 0.717) is 5.75 Å². The fourth-order valence-corrected chi connectivity index (χ4v) is 4.16. The van der Waals surface area contributed by atoms with Gasteiger partial charge in [-0.2, -0.15) is 0 Å². The standard InChI is InChI=1S/C21H26ClN3O5S/c1-15(21(27)23-2)24(13-16-8-7-9-17(12-16)30-3)20(26)14-25(31(4,28)29)19-11-6-5-10-18(19)22/h5-12,15H,13-14H2,1-4H3,(H,23,27)/t15-/m0/s1. The summed E-state index contributed by atoms with van der Waals surface area (Å²) in [6.07, 6.45) is 0.998. The molecular formula is C21H26ClN3O5S. The molecule has 0 bridgehead atoms. The number of rotatable bonds is 9. The highest BCUT2D eigenvalue weighted by molar-refractivity contribution is 7.92. The number of para-hydroxylation sites is 1. The van der Waals surface area contributed by atoms with Crippen molar-refractivity contribution < 1.29 is 22.7 Å². The lowest BCUT2D eigenvalue weighted by atomic mass is 10.1. The van der Waals surface area contributed by atoms with Crippen molar-refractivity contribution in [2.75, 3.05) is 31.3 Å². The highest BCUT2D eigenvalue weighted by atomic mass is 35.5. The lowest BCUT2D eigenvalue weighted by molar-refractivity contribution is -0.139. The molecule has 2 rings (SSSR count). The molecule has 0 aliphatic carbocycles. The van der Waals surface area contributed by atoms with Crippen LogP contribution in [0, 0.1) is 0 Å². The number of amides is 2. The summed E-state index contributed by atoms with van der Waals surface area (Å²) in [4.78, 5) is 26.9. The molecule has 0 aliphatic rings. The number of ether oxygens (including phenoxy) is 1. The highest BCUT2D eigenvalue weighted by Crippen LogP contribution is 2.27. The first-order chi connectivity index (χ1) is 14.6. The number of benzene rings is 2. The van der Waals surface area contributed by atoms with Crippen LogP contribution in [0.1, 0.15) is 12.5 Å². The number of nitrogens with zero attached hydrogens (tertiary/aromatic N) is 2. The fraction of sp³-hybridized carbons (Fsp3) is 0.333. The third-order valence-corrected chi connectivity index (χ3v) is 6.15. The van der Waals surface area contributed by atoms with E-state index in [1.807, 2.05) is 0 Å². The molecule has 0 fully saturated rings. The summed E-state index contributed by atoms with van der Waals surface area (Å²) >= 11 is 6.18. The van der Waals surface area contributed by atoms with Gasteiger partial charge < -0.3 is 15.0 Å². The van der Waals surface area contributed by atoms with Crippen molar-refractivity contribution >= 4 is 39.1 Å². The lowest BCUT2D eigenvalue weighted by Crippen LogP contribution is -2.50. The average Bonchev–Trinajstić information content (AvgIpc) is 2.74. The van der Waals surface area contributed by atoms with E-state index in [1.165, 1.54) is 25.1 Å². The van der Waals surface area contributed by atoms with Gasteiger partial charge in [0, 0.05) is 13.6 Å². The molecule has 0 aliphatic heterocycles. The van der Waals surface area contributed by atoms with Crippen molar-refractivity contribution in [3.8, 4) is 5.75 Å². The zero-order valence-electron chi connectivity index (χ0n) is 17.8. The predicted octanol–water partition coefficient (Wildman–Crippen LogP) is 2.28. The Morgan fingerprint density at radius 1 is 1.16 bits per heavy atom. The molecule has 168 valence electrons. The zero-order valence-corrected chi connectivity index (χ0v) is 19.4. The number of carbonyl (C=O) groups is 2. The summed E-state index contributed by atoms with van der Waals surface area (Å²) in [6, 6.07) is 12.6. The maximum atomic E-state index is 13.3. The van der Waals surface area contributed by atoms with E-state index in [1.54, 1.807) is 49.4 Å². The molecule has 0 saturated carbocycles. The molecule has 2 amide bonds. The van der Waals surface area contributed by atoms with Gasteiger partial charge in [-0.05, 0) is 36.8 Å². The summed E-state index contributed by atoms with van der Waals surface area (Å²) in [6.45, 7) is 1.16. The predicted molar refractivity (Wildman–Crippen MR) is 121 cm³/mol. The van der Waals surface area contributed by atoms with Crippen LogP contribution in [-0.2, 0) is 26.2 Å². The number of carbonyl (C=O) groups excluding carboxylic acids is 2. The van der Waals surface area contributed by atoms with Gasteiger partial charge in [0.2, 0.25) is 21.8 Å². The van der Waals surface area contributed by atoms with Gasteiger partial charge in [0.1, 0.15) is 18.3 Å². The van der Waals surface area contributed by atoms with Gasteiger partial charge >= 0.3 is 0 Å². The van der Waals surface area contributed by atoms with Crippen LogP contribution in [0.15, 0.2) is 48.5 Å². The van der Waals surface area contributed by atoms with E-state index in [-0.39, 0.29) is 23.2 Å². The smallest absolute Gasteiger partial charge is 0.244 e. The van der Waals surface area contributed by atoms with Crippen LogP contribution < -0.4 is 14.4 Å². The van der Waals surface area contributed by atoms with Crippen LogP contribution in [0.4, 0.5) is 5.69 Å². The number of likely N-dealkylation sites (N-methyl/N-ethyl adjacent to an activating group) is 1. The SMILES string of the molecule is CNC(=O)[C@H](C)N(Cc1cccc(OC)c1)C(=O)CN(c1ccccc1Cl)S(C)(=O)=O. The van der Waals surface area contributed by atoms with Crippen molar-refractivity contribution in [2.45, 2.75) is 19.5 Å². The van der Waals surface area contributed by atoms with Crippen molar-refractivity contribution in [3.63, 3.8) is 0 Å².